The van der Waals surface area contributed by atoms with Crippen molar-refractivity contribution in [3.05, 3.63) is 22.7 Å². The van der Waals surface area contributed by atoms with E-state index in [1.165, 1.54) is 0 Å². The fourth-order valence-electron chi connectivity index (χ4n) is 2.69. The van der Waals surface area contributed by atoms with Crippen molar-refractivity contribution in [2.45, 2.75) is 12.5 Å². The first-order valence-electron chi connectivity index (χ1n) is 6.78. The highest BCUT2D eigenvalue weighted by Crippen LogP contribution is 2.42. The van der Waals surface area contributed by atoms with Crippen LogP contribution in [0.5, 0.6) is 11.5 Å². The van der Waals surface area contributed by atoms with Crippen molar-refractivity contribution in [3.63, 3.8) is 0 Å². The first-order valence-corrected chi connectivity index (χ1v) is 7.15. The first-order chi connectivity index (χ1) is 10.1. The molecule has 114 valence electrons. The molecule has 0 spiro atoms. The molecule has 1 aromatic carbocycles. The summed E-state index contributed by atoms with van der Waals surface area (Å²) in [5, 5.41) is 9.64. The quantitative estimate of drug-likeness (QED) is 0.916. The largest absolute Gasteiger partial charge is 0.481 e. The smallest absolute Gasteiger partial charge is 0.305 e. The summed E-state index contributed by atoms with van der Waals surface area (Å²) >= 11 is 6.20. The molecule has 0 aliphatic carbocycles. The number of carboxylic acid groups (broad SMARTS) is 1. The molecule has 2 aliphatic rings. The number of ether oxygens (including phenoxy) is 3. The van der Waals surface area contributed by atoms with E-state index in [0.29, 0.717) is 42.8 Å². The molecule has 3 rings (SSSR count). The Labute approximate surface area is 127 Å². The van der Waals surface area contributed by atoms with Gasteiger partial charge in [-0.05, 0) is 17.7 Å². The zero-order valence-electron chi connectivity index (χ0n) is 11.4. The van der Waals surface area contributed by atoms with E-state index in [4.69, 9.17) is 25.8 Å². The van der Waals surface area contributed by atoms with Crippen molar-refractivity contribution in [2.24, 2.45) is 0 Å². The van der Waals surface area contributed by atoms with Crippen LogP contribution < -0.4 is 9.47 Å². The lowest BCUT2D eigenvalue weighted by Gasteiger charge is -2.34. The molecular formula is C14H16ClNO5. The molecule has 21 heavy (non-hydrogen) atoms. The van der Waals surface area contributed by atoms with E-state index in [1.54, 1.807) is 6.07 Å². The first kappa shape index (κ1) is 14.4. The summed E-state index contributed by atoms with van der Waals surface area (Å²) in [5.74, 6) is 0.248. The van der Waals surface area contributed by atoms with Crippen LogP contribution in [-0.2, 0) is 9.53 Å². The van der Waals surface area contributed by atoms with Gasteiger partial charge < -0.3 is 19.3 Å². The number of aliphatic carboxylic acids is 1. The van der Waals surface area contributed by atoms with Crippen LogP contribution in [0.3, 0.4) is 0 Å². The topological polar surface area (TPSA) is 68.2 Å². The number of fused-ring (bicyclic) bond motifs is 1. The number of rotatable bonds is 4. The normalized spacial score (nSPS) is 19.5. The molecule has 1 unspecified atom stereocenters. The van der Waals surface area contributed by atoms with Crippen LogP contribution >= 0.6 is 11.6 Å². The Morgan fingerprint density at radius 2 is 2.10 bits per heavy atom. The molecule has 1 saturated heterocycles. The SMILES string of the molecule is O=C(O)CC(c1cc(Cl)c2c(c1)OCO2)N1CCOCC1. The Kier molecular flexibility index (Phi) is 4.19. The minimum atomic E-state index is -0.847. The third-order valence-corrected chi connectivity index (χ3v) is 3.97. The maximum atomic E-state index is 11.2. The lowest BCUT2D eigenvalue weighted by molar-refractivity contribution is -0.139. The monoisotopic (exact) mass is 313 g/mol. The van der Waals surface area contributed by atoms with E-state index in [1.807, 2.05) is 6.07 Å². The van der Waals surface area contributed by atoms with Gasteiger partial charge in [0.2, 0.25) is 6.79 Å². The second kappa shape index (κ2) is 6.09. The summed E-state index contributed by atoms with van der Waals surface area (Å²) in [6.07, 6.45) is 0.00989. The van der Waals surface area contributed by atoms with Gasteiger partial charge >= 0.3 is 5.97 Å². The van der Waals surface area contributed by atoms with Gasteiger partial charge in [0.25, 0.3) is 0 Å². The van der Waals surface area contributed by atoms with Crippen molar-refractivity contribution in [1.29, 1.82) is 0 Å². The fraction of sp³-hybridized carbons (Fsp3) is 0.500. The molecule has 0 saturated carbocycles. The number of hydrogen-bond acceptors (Lipinski definition) is 5. The van der Waals surface area contributed by atoms with E-state index in [9.17, 15) is 9.90 Å². The Bertz CT molecular complexity index is 544. The maximum absolute atomic E-state index is 11.2. The highest BCUT2D eigenvalue weighted by atomic mass is 35.5. The average molecular weight is 314 g/mol. The van der Waals surface area contributed by atoms with E-state index in [2.05, 4.69) is 4.90 Å². The Hall–Kier alpha value is -1.50. The van der Waals surface area contributed by atoms with Crippen LogP contribution in [0.1, 0.15) is 18.0 Å². The molecule has 7 heteroatoms. The molecule has 0 bridgehead atoms. The molecule has 0 radical (unpaired) electrons. The Morgan fingerprint density at radius 3 is 2.81 bits per heavy atom. The maximum Gasteiger partial charge on any atom is 0.305 e. The zero-order chi connectivity index (χ0) is 14.8. The van der Waals surface area contributed by atoms with Gasteiger partial charge in [0.15, 0.2) is 11.5 Å². The molecule has 1 atom stereocenters. The molecule has 0 amide bonds. The van der Waals surface area contributed by atoms with Crippen molar-refractivity contribution < 1.29 is 24.1 Å². The van der Waals surface area contributed by atoms with Gasteiger partial charge in [-0.15, -0.1) is 0 Å². The number of carboxylic acids is 1. The summed E-state index contributed by atoms with van der Waals surface area (Å²) in [6.45, 7) is 2.75. The third-order valence-electron chi connectivity index (χ3n) is 3.69. The van der Waals surface area contributed by atoms with Crippen molar-refractivity contribution in [3.8, 4) is 11.5 Å². The lowest BCUT2D eigenvalue weighted by atomic mass is 10.0. The van der Waals surface area contributed by atoms with Gasteiger partial charge in [-0.3, -0.25) is 9.69 Å². The Balaban J connectivity index is 1.91. The second-order valence-corrected chi connectivity index (χ2v) is 5.41. The van der Waals surface area contributed by atoms with Crippen LogP contribution in [0.25, 0.3) is 0 Å². The summed E-state index contributed by atoms with van der Waals surface area (Å²) in [6, 6.07) is 3.33. The number of carbonyl (C=O) groups is 1. The summed E-state index contributed by atoms with van der Waals surface area (Å²) in [7, 11) is 0. The van der Waals surface area contributed by atoms with E-state index in [0.717, 1.165) is 5.56 Å². The minimum absolute atomic E-state index is 0.00989. The number of nitrogens with zero attached hydrogens (tertiary/aromatic N) is 1. The summed E-state index contributed by atoms with van der Waals surface area (Å²) in [4.78, 5) is 13.3. The molecule has 1 N–H and O–H groups in total. The minimum Gasteiger partial charge on any atom is -0.481 e. The van der Waals surface area contributed by atoms with E-state index in [-0.39, 0.29) is 19.3 Å². The predicted molar refractivity (Wildman–Crippen MR) is 75.0 cm³/mol. The lowest BCUT2D eigenvalue weighted by Crippen LogP contribution is -2.39. The van der Waals surface area contributed by atoms with Crippen LogP contribution in [0, 0.1) is 0 Å². The van der Waals surface area contributed by atoms with Gasteiger partial charge in [-0.1, -0.05) is 11.6 Å². The van der Waals surface area contributed by atoms with Gasteiger partial charge in [0.05, 0.1) is 24.7 Å². The van der Waals surface area contributed by atoms with Gasteiger partial charge in [-0.2, -0.15) is 0 Å². The van der Waals surface area contributed by atoms with Crippen molar-refractivity contribution in [2.75, 3.05) is 33.1 Å². The number of morpholine rings is 1. The van der Waals surface area contributed by atoms with E-state index < -0.39 is 5.97 Å². The molecule has 1 fully saturated rings. The number of hydrogen-bond donors (Lipinski definition) is 1. The van der Waals surface area contributed by atoms with Gasteiger partial charge in [0, 0.05) is 19.1 Å². The van der Waals surface area contributed by atoms with E-state index >= 15 is 0 Å². The molecular weight excluding hydrogens is 298 g/mol. The highest BCUT2D eigenvalue weighted by Gasteiger charge is 2.28. The van der Waals surface area contributed by atoms with Gasteiger partial charge in [0.1, 0.15) is 0 Å². The summed E-state index contributed by atoms with van der Waals surface area (Å²) in [5.41, 5.74) is 0.827. The number of halogens is 1. The average Bonchev–Trinajstić information content (AvgIpc) is 2.94. The summed E-state index contributed by atoms with van der Waals surface area (Å²) < 4.78 is 16.0. The van der Waals surface area contributed by atoms with Crippen LogP contribution in [0.4, 0.5) is 0 Å². The van der Waals surface area contributed by atoms with Gasteiger partial charge in [-0.25, -0.2) is 0 Å². The number of benzene rings is 1. The molecule has 2 heterocycles. The third kappa shape index (κ3) is 3.07. The highest BCUT2D eigenvalue weighted by molar-refractivity contribution is 6.32. The molecule has 0 aromatic heterocycles. The van der Waals surface area contributed by atoms with Crippen LogP contribution in [0.2, 0.25) is 5.02 Å². The second-order valence-electron chi connectivity index (χ2n) is 5.00. The zero-order valence-corrected chi connectivity index (χ0v) is 12.1. The molecule has 1 aromatic rings. The fourth-order valence-corrected chi connectivity index (χ4v) is 2.97. The van der Waals surface area contributed by atoms with Crippen molar-refractivity contribution in [1.82, 2.24) is 4.90 Å². The predicted octanol–water partition coefficient (Wildman–Crippen LogP) is 1.92. The van der Waals surface area contributed by atoms with Crippen LogP contribution in [0.15, 0.2) is 12.1 Å². The molecule has 2 aliphatic heterocycles. The standard InChI is InChI=1S/C14H16ClNO5/c15-10-5-9(6-12-14(10)21-8-20-12)11(7-13(17)18)16-1-3-19-4-2-16/h5-6,11H,1-4,7-8H2,(H,17,18). The Morgan fingerprint density at radius 1 is 1.33 bits per heavy atom. The molecule has 6 nitrogen and oxygen atoms in total. The van der Waals surface area contributed by atoms with Crippen LogP contribution in [-0.4, -0.2) is 49.1 Å². The van der Waals surface area contributed by atoms with Crippen molar-refractivity contribution >= 4 is 17.6 Å².